The van der Waals surface area contributed by atoms with Crippen molar-refractivity contribution >= 4 is 11.6 Å². The molecule has 0 amide bonds. The molecule has 0 radical (unpaired) electrons. The van der Waals surface area contributed by atoms with Gasteiger partial charge in [0.05, 0.1) is 40.9 Å². The van der Waals surface area contributed by atoms with Crippen molar-refractivity contribution in [3.8, 4) is 11.3 Å². The molecule has 0 aromatic carbocycles. The van der Waals surface area contributed by atoms with Crippen LogP contribution in [-0.4, -0.2) is 26.0 Å². The van der Waals surface area contributed by atoms with Crippen LogP contribution in [0.15, 0.2) is 47.1 Å². The molecule has 0 atom stereocenters. The highest BCUT2D eigenvalue weighted by atomic mass is 16.5. The fraction of sp³-hybridized carbons (Fsp3) is 0.350. The number of nitrogens with zero attached hydrogens (tertiary/aromatic N) is 4. The fourth-order valence-corrected chi connectivity index (χ4v) is 3.25. The molecule has 4 rings (SSSR count). The van der Waals surface area contributed by atoms with E-state index >= 15 is 0 Å². The van der Waals surface area contributed by atoms with Crippen molar-refractivity contribution in [1.82, 2.24) is 19.4 Å². The molecule has 0 saturated carbocycles. The van der Waals surface area contributed by atoms with E-state index in [0.717, 1.165) is 54.1 Å². The normalized spacial score (nSPS) is 16.3. The highest BCUT2D eigenvalue weighted by Gasteiger charge is 2.17. The Kier molecular flexibility index (Phi) is 4.32. The Bertz CT molecular complexity index is 1020. The molecule has 134 valence electrons. The van der Waals surface area contributed by atoms with Crippen LogP contribution < -0.4 is 5.56 Å². The summed E-state index contributed by atoms with van der Waals surface area (Å²) in [7, 11) is 0. The second-order valence-electron chi connectivity index (χ2n) is 6.80. The van der Waals surface area contributed by atoms with Gasteiger partial charge in [-0.2, -0.15) is 10.2 Å². The van der Waals surface area contributed by atoms with Crippen molar-refractivity contribution in [3.05, 3.63) is 58.3 Å². The van der Waals surface area contributed by atoms with Crippen molar-refractivity contribution in [1.29, 1.82) is 0 Å². The van der Waals surface area contributed by atoms with Crippen LogP contribution in [0.2, 0.25) is 0 Å². The molecule has 6 heteroatoms. The van der Waals surface area contributed by atoms with E-state index in [1.165, 1.54) is 4.68 Å². The van der Waals surface area contributed by atoms with E-state index in [0.29, 0.717) is 0 Å². The van der Waals surface area contributed by atoms with Crippen LogP contribution >= 0.6 is 0 Å². The highest BCUT2D eigenvalue weighted by molar-refractivity contribution is 5.85. The van der Waals surface area contributed by atoms with Gasteiger partial charge in [-0.1, -0.05) is 6.07 Å². The van der Waals surface area contributed by atoms with Crippen molar-refractivity contribution in [2.45, 2.75) is 39.2 Å². The molecule has 1 saturated heterocycles. The Labute approximate surface area is 151 Å². The standard InChI is InChI=1S/C20H22N4O2/c1-14(2)24-19(25)10-9-16(22-24)20-17(13-15-7-4-6-12-26-15)21-23-11-5-3-8-18(20)23/h3,5,8-11,13-14H,4,6-7,12H2,1-2H3. The molecule has 4 heterocycles. The third kappa shape index (κ3) is 3.03. The van der Waals surface area contributed by atoms with Gasteiger partial charge < -0.3 is 4.74 Å². The van der Waals surface area contributed by atoms with Gasteiger partial charge in [0.2, 0.25) is 0 Å². The molecule has 1 fully saturated rings. The molecule has 1 aliphatic rings. The van der Waals surface area contributed by atoms with Gasteiger partial charge in [-0.3, -0.25) is 4.79 Å². The number of fused-ring (bicyclic) bond motifs is 1. The van der Waals surface area contributed by atoms with E-state index < -0.39 is 0 Å². The van der Waals surface area contributed by atoms with Crippen LogP contribution in [0, 0.1) is 0 Å². The van der Waals surface area contributed by atoms with Crippen LogP contribution in [-0.2, 0) is 4.74 Å². The Morgan fingerprint density at radius 1 is 1.15 bits per heavy atom. The summed E-state index contributed by atoms with van der Waals surface area (Å²) in [6, 6.07) is 9.27. The average molecular weight is 350 g/mol. The molecule has 0 N–H and O–H groups in total. The maximum atomic E-state index is 12.1. The highest BCUT2D eigenvalue weighted by Crippen LogP contribution is 2.30. The van der Waals surface area contributed by atoms with E-state index in [9.17, 15) is 4.79 Å². The van der Waals surface area contributed by atoms with Crippen molar-refractivity contribution in [3.63, 3.8) is 0 Å². The van der Waals surface area contributed by atoms with E-state index in [2.05, 4.69) is 5.10 Å². The fourth-order valence-electron chi connectivity index (χ4n) is 3.25. The minimum absolute atomic E-state index is 0.00669. The SMILES string of the molecule is CC(C)n1nc(-c2c(C=C3CCCCO3)nn3ccccc23)ccc1=O. The third-order valence-corrected chi connectivity index (χ3v) is 4.54. The summed E-state index contributed by atoms with van der Waals surface area (Å²) in [5.74, 6) is 0.957. The van der Waals surface area contributed by atoms with Gasteiger partial charge in [0.25, 0.3) is 5.56 Å². The second-order valence-corrected chi connectivity index (χ2v) is 6.80. The lowest BCUT2D eigenvalue weighted by Gasteiger charge is -2.15. The average Bonchev–Trinajstić information content (AvgIpc) is 3.00. The largest absolute Gasteiger partial charge is 0.498 e. The number of hydrogen-bond donors (Lipinski definition) is 0. The van der Waals surface area contributed by atoms with Crippen molar-refractivity contribution in [2.24, 2.45) is 0 Å². The molecule has 3 aromatic rings. The molecular weight excluding hydrogens is 328 g/mol. The molecule has 1 aliphatic heterocycles. The summed E-state index contributed by atoms with van der Waals surface area (Å²) in [6.07, 6.45) is 7.07. The first-order valence-corrected chi connectivity index (χ1v) is 9.04. The number of ether oxygens (including phenoxy) is 1. The summed E-state index contributed by atoms with van der Waals surface area (Å²) >= 11 is 0. The zero-order valence-corrected chi connectivity index (χ0v) is 15.1. The molecule has 0 aliphatic carbocycles. The maximum Gasteiger partial charge on any atom is 0.267 e. The van der Waals surface area contributed by atoms with Crippen molar-refractivity contribution in [2.75, 3.05) is 6.61 Å². The molecular formula is C20H22N4O2. The van der Waals surface area contributed by atoms with Gasteiger partial charge in [0, 0.05) is 24.8 Å². The zero-order valence-electron chi connectivity index (χ0n) is 15.1. The Morgan fingerprint density at radius 2 is 2.04 bits per heavy atom. The number of hydrogen-bond acceptors (Lipinski definition) is 4. The van der Waals surface area contributed by atoms with E-state index in [1.807, 2.05) is 48.8 Å². The molecule has 0 spiro atoms. The number of pyridine rings is 1. The quantitative estimate of drug-likeness (QED) is 0.723. The van der Waals surface area contributed by atoms with Crippen LogP contribution in [0.5, 0.6) is 0 Å². The van der Waals surface area contributed by atoms with Gasteiger partial charge in [-0.25, -0.2) is 9.20 Å². The van der Waals surface area contributed by atoms with Crippen LogP contribution in [0.25, 0.3) is 22.9 Å². The molecule has 0 bridgehead atoms. The van der Waals surface area contributed by atoms with E-state index in [1.54, 1.807) is 12.1 Å². The summed E-state index contributed by atoms with van der Waals surface area (Å²) < 4.78 is 9.14. The predicted octanol–water partition coefficient (Wildman–Crippen LogP) is 3.68. The minimum atomic E-state index is -0.101. The maximum absolute atomic E-state index is 12.1. The lowest BCUT2D eigenvalue weighted by Crippen LogP contribution is -2.23. The summed E-state index contributed by atoms with van der Waals surface area (Å²) in [5.41, 5.74) is 3.32. The molecule has 0 unspecified atom stereocenters. The Balaban J connectivity index is 1.92. The minimum Gasteiger partial charge on any atom is -0.498 e. The zero-order chi connectivity index (χ0) is 18.1. The third-order valence-electron chi connectivity index (χ3n) is 4.54. The molecule has 3 aromatic heterocycles. The number of rotatable bonds is 3. The first kappa shape index (κ1) is 16.6. The summed E-state index contributed by atoms with van der Waals surface area (Å²) in [6.45, 7) is 4.66. The van der Waals surface area contributed by atoms with Gasteiger partial charge >= 0.3 is 0 Å². The van der Waals surface area contributed by atoms with E-state index in [4.69, 9.17) is 9.84 Å². The van der Waals surface area contributed by atoms with Gasteiger partial charge in [-0.15, -0.1) is 0 Å². The first-order chi connectivity index (χ1) is 12.6. The first-order valence-electron chi connectivity index (χ1n) is 9.04. The number of allylic oxidation sites excluding steroid dienone is 1. The lowest BCUT2D eigenvalue weighted by atomic mass is 10.1. The predicted molar refractivity (Wildman–Crippen MR) is 101 cm³/mol. The Morgan fingerprint density at radius 3 is 2.81 bits per heavy atom. The molecule has 6 nitrogen and oxygen atoms in total. The van der Waals surface area contributed by atoms with Crippen LogP contribution in [0.3, 0.4) is 0 Å². The van der Waals surface area contributed by atoms with Crippen LogP contribution in [0.1, 0.15) is 44.8 Å². The van der Waals surface area contributed by atoms with E-state index in [-0.39, 0.29) is 11.6 Å². The topological polar surface area (TPSA) is 61.4 Å². The van der Waals surface area contributed by atoms with Gasteiger partial charge in [0.15, 0.2) is 0 Å². The second kappa shape index (κ2) is 6.78. The smallest absolute Gasteiger partial charge is 0.267 e. The monoisotopic (exact) mass is 350 g/mol. The van der Waals surface area contributed by atoms with Gasteiger partial charge in [-0.05, 0) is 44.9 Å². The summed E-state index contributed by atoms with van der Waals surface area (Å²) in [4.78, 5) is 12.1. The summed E-state index contributed by atoms with van der Waals surface area (Å²) in [5, 5.41) is 9.31. The number of aromatic nitrogens is 4. The van der Waals surface area contributed by atoms with Crippen LogP contribution in [0.4, 0.5) is 0 Å². The lowest BCUT2D eigenvalue weighted by molar-refractivity contribution is 0.169. The molecule has 26 heavy (non-hydrogen) atoms. The van der Waals surface area contributed by atoms with Crippen molar-refractivity contribution < 1.29 is 4.74 Å². The van der Waals surface area contributed by atoms with Gasteiger partial charge in [0.1, 0.15) is 0 Å². The Hall–Kier alpha value is -2.89.